The molecule has 1 saturated heterocycles. The summed E-state index contributed by atoms with van der Waals surface area (Å²) in [5.41, 5.74) is -2.11. The van der Waals surface area contributed by atoms with Crippen molar-refractivity contribution in [2.75, 3.05) is 13.1 Å². The molecule has 2 aromatic rings. The normalized spacial score (nSPS) is 18.9. The van der Waals surface area contributed by atoms with Crippen LogP contribution in [0.3, 0.4) is 0 Å². The SMILES string of the molecule is O=S(=O)(Cl)c1cc(Br)cc(C(F)(F)F)c1.O=S(=O)(c1cc(Br)cc(C(F)(F)F)c1)N1CC[C@@H](O)C1.OC1CCCC1. The maximum Gasteiger partial charge on any atom is 0.416 e. The Hall–Kier alpha value is -0.950. The zero-order valence-electron chi connectivity index (χ0n) is 20.8. The van der Waals surface area contributed by atoms with Crippen LogP contribution in [0.2, 0.25) is 0 Å². The van der Waals surface area contributed by atoms with Crippen molar-refractivity contribution in [2.24, 2.45) is 0 Å². The van der Waals surface area contributed by atoms with Gasteiger partial charge in [0.1, 0.15) is 0 Å². The molecular weight excluding hydrogens is 760 g/mol. The Labute approximate surface area is 254 Å². The summed E-state index contributed by atoms with van der Waals surface area (Å²) >= 11 is 5.66. The van der Waals surface area contributed by atoms with Gasteiger partial charge in [-0.05, 0) is 55.7 Å². The minimum absolute atomic E-state index is 0.00319. The maximum atomic E-state index is 12.7. The van der Waals surface area contributed by atoms with E-state index in [4.69, 9.17) is 15.8 Å². The number of nitrogens with zero attached hydrogens (tertiary/aromatic N) is 1. The molecule has 1 aliphatic heterocycles. The van der Waals surface area contributed by atoms with Crippen LogP contribution in [0.15, 0.2) is 55.1 Å². The summed E-state index contributed by atoms with van der Waals surface area (Å²) in [6.45, 7) is -0.00639. The van der Waals surface area contributed by atoms with Gasteiger partial charge in [0.05, 0.1) is 33.1 Å². The Morgan fingerprint density at radius 3 is 1.51 bits per heavy atom. The molecule has 7 nitrogen and oxygen atoms in total. The van der Waals surface area contributed by atoms with Crippen LogP contribution in [0.4, 0.5) is 26.3 Å². The number of sulfonamides is 1. The van der Waals surface area contributed by atoms with Crippen molar-refractivity contribution in [3.05, 3.63) is 56.5 Å². The molecule has 0 radical (unpaired) electrons. The lowest BCUT2D eigenvalue weighted by Gasteiger charge is -2.17. The second kappa shape index (κ2) is 14.2. The van der Waals surface area contributed by atoms with E-state index in [0.29, 0.717) is 12.1 Å². The lowest BCUT2D eigenvalue weighted by Crippen LogP contribution is -2.30. The summed E-state index contributed by atoms with van der Waals surface area (Å²) in [5.74, 6) is 0. The third kappa shape index (κ3) is 11.2. The monoisotopic (exact) mass is 781 g/mol. The Morgan fingerprint density at radius 1 is 0.732 bits per heavy atom. The van der Waals surface area contributed by atoms with Gasteiger partial charge in [-0.2, -0.15) is 30.6 Å². The van der Waals surface area contributed by atoms with E-state index >= 15 is 0 Å². The first-order chi connectivity index (χ1) is 18.6. The first-order valence-electron chi connectivity index (χ1n) is 11.7. The number of aliphatic hydroxyl groups excluding tert-OH is 2. The number of benzene rings is 2. The highest BCUT2D eigenvalue weighted by molar-refractivity contribution is 9.10. The average Bonchev–Trinajstić information content (AvgIpc) is 3.48. The van der Waals surface area contributed by atoms with Crippen LogP contribution >= 0.6 is 42.5 Å². The van der Waals surface area contributed by atoms with Crippen molar-refractivity contribution in [3.8, 4) is 0 Å². The largest absolute Gasteiger partial charge is 0.416 e. The third-order valence-electron chi connectivity index (χ3n) is 5.77. The summed E-state index contributed by atoms with van der Waals surface area (Å²) in [4.78, 5) is -1.03. The van der Waals surface area contributed by atoms with Crippen molar-refractivity contribution >= 4 is 61.6 Å². The molecule has 1 heterocycles. The lowest BCUT2D eigenvalue weighted by atomic mass is 10.2. The van der Waals surface area contributed by atoms with Crippen LogP contribution in [0.1, 0.15) is 43.2 Å². The summed E-state index contributed by atoms with van der Waals surface area (Å²) < 4.78 is 122. The van der Waals surface area contributed by atoms with E-state index in [1.54, 1.807) is 0 Å². The summed E-state index contributed by atoms with van der Waals surface area (Å²) in [5, 5.41) is 18.1. The van der Waals surface area contributed by atoms with E-state index in [9.17, 15) is 48.3 Å². The van der Waals surface area contributed by atoms with Crippen LogP contribution in [0.25, 0.3) is 0 Å². The highest BCUT2D eigenvalue weighted by Gasteiger charge is 2.36. The Kier molecular flexibility index (Phi) is 12.6. The molecule has 0 unspecified atom stereocenters. The van der Waals surface area contributed by atoms with Crippen LogP contribution < -0.4 is 0 Å². The van der Waals surface area contributed by atoms with E-state index in [-0.39, 0.29) is 34.6 Å². The molecule has 18 heteroatoms. The molecule has 2 aliphatic rings. The quantitative estimate of drug-likeness (QED) is 0.270. The van der Waals surface area contributed by atoms with Gasteiger partial charge in [-0.1, -0.05) is 44.7 Å². The van der Waals surface area contributed by atoms with Gasteiger partial charge < -0.3 is 10.2 Å². The first kappa shape index (κ1) is 36.2. The van der Waals surface area contributed by atoms with Crippen molar-refractivity contribution in [3.63, 3.8) is 0 Å². The third-order valence-corrected chi connectivity index (χ3v) is 9.86. The highest BCUT2D eigenvalue weighted by atomic mass is 79.9. The highest BCUT2D eigenvalue weighted by Crippen LogP contribution is 2.35. The van der Waals surface area contributed by atoms with E-state index < -0.39 is 58.4 Å². The Morgan fingerprint density at radius 2 is 1.17 bits per heavy atom. The maximum absolute atomic E-state index is 12.7. The molecule has 0 amide bonds. The van der Waals surface area contributed by atoms with Crippen LogP contribution in [0, 0.1) is 0 Å². The fraction of sp³-hybridized carbons (Fsp3) is 0.478. The van der Waals surface area contributed by atoms with E-state index in [1.165, 1.54) is 12.8 Å². The molecule has 2 N–H and O–H groups in total. The standard InChI is InChI=1S/C11H11BrF3NO3S.C7H3BrClF3O2S.C5H10O/c12-8-3-7(11(13,14)15)4-10(5-8)20(18,19)16-2-1-9(17)6-16;8-5-1-4(7(10,11)12)2-6(3-5)15(9,13)14;6-5-3-1-2-4-5/h3-5,9,17H,1-2,6H2;1-3H;5-6H,1-4H2/t9-;;/m1../s1. The zero-order chi connectivity index (χ0) is 31.4. The molecular formula is C23H24Br2ClF6NO6S2. The van der Waals surface area contributed by atoms with Crippen molar-refractivity contribution < 1.29 is 53.4 Å². The molecule has 2 fully saturated rings. The molecule has 0 spiro atoms. The van der Waals surface area contributed by atoms with Gasteiger partial charge in [0, 0.05) is 32.7 Å². The molecule has 0 bridgehead atoms. The fourth-order valence-electron chi connectivity index (χ4n) is 3.72. The van der Waals surface area contributed by atoms with Crippen molar-refractivity contribution in [1.29, 1.82) is 0 Å². The van der Waals surface area contributed by atoms with Gasteiger partial charge in [-0.15, -0.1) is 0 Å². The second-order valence-electron chi connectivity index (χ2n) is 9.03. The van der Waals surface area contributed by atoms with Crippen LogP contribution in [-0.4, -0.2) is 56.7 Å². The minimum Gasteiger partial charge on any atom is -0.393 e. The number of hydrogen-bond donors (Lipinski definition) is 2. The molecule has 2 aromatic carbocycles. The lowest BCUT2D eigenvalue weighted by molar-refractivity contribution is -0.138. The van der Waals surface area contributed by atoms with E-state index in [2.05, 4.69) is 31.9 Å². The summed E-state index contributed by atoms with van der Waals surface area (Å²) in [7, 11) is -3.26. The predicted octanol–water partition coefficient (Wildman–Crippen LogP) is 6.54. The van der Waals surface area contributed by atoms with Crippen molar-refractivity contribution in [1.82, 2.24) is 4.31 Å². The molecule has 1 saturated carbocycles. The molecule has 232 valence electrons. The minimum atomic E-state index is -4.63. The first-order valence-corrected chi connectivity index (χ1v) is 17.0. The van der Waals surface area contributed by atoms with Gasteiger partial charge in [0.2, 0.25) is 10.0 Å². The van der Waals surface area contributed by atoms with Crippen LogP contribution in [-0.2, 0) is 31.4 Å². The second-order valence-corrected chi connectivity index (χ2v) is 15.4. The molecule has 1 aliphatic carbocycles. The number of rotatable bonds is 3. The van der Waals surface area contributed by atoms with Gasteiger partial charge in [0.15, 0.2) is 0 Å². The Bertz CT molecular complexity index is 1420. The predicted molar refractivity (Wildman–Crippen MR) is 145 cm³/mol. The van der Waals surface area contributed by atoms with E-state index in [0.717, 1.165) is 41.4 Å². The molecule has 4 rings (SSSR count). The fourth-order valence-corrected chi connectivity index (χ4v) is 7.38. The number of alkyl halides is 6. The van der Waals surface area contributed by atoms with Gasteiger partial charge in [-0.25, -0.2) is 16.8 Å². The van der Waals surface area contributed by atoms with Crippen LogP contribution in [0.5, 0.6) is 0 Å². The van der Waals surface area contributed by atoms with Crippen molar-refractivity contribution in [2.45, 2.75) is 66.5 Å². The van der Waals surface area contributed by atoms with Gasteiger partial charge >= 0.3 is 12.4 Å². The number of halogens is 9. The average molecular weight is 784 g/mol. The Balaban J connectivity index is 0.000000245. The number of hydrogen-bond acceptors (Lipinski definition) is 6. The molecule has 0 aromatic heterocycles. The van der Waals surface area contributed by atoms with Gasteiger partial charge in [-0.3, -0.25) is 0 Å². The number of β-amino-alcohol motifs (C(OH)–C–C–N with tert-alkyl or cyclic N) is 1. The smallest absolute Gasteiger partial charge is 0.393 e. The van der Waals surface area contributed by atoms with E-state index in [1.807, 2.05) is 0 Å². The summed E-state index contributed by atoms with van der Waals surface area (Å²) in [6.07, 6.45) is -5.13. The molecule has 41 heavy (non-hydrogen) atoms. The van der Waals surface area contributed by atoms with Gasteiger partial charge in [0.25, 0.3) is 9.05 Å². The zero-order valence-corrected chi connectivity index (χ0v) is 26.3. The molecule has 1 atom stereocenters. The topological polar surface area (TPSA) is 112 Å². The number of aliphatic hydroxyl groups is 2. The summed E-state index contributed by atoms with van der Waals surface area (Å²) in [6, 6.07) is 4.79.